The van der Waals surface area contributed by atoms with Crippen molar-refractivity contribution in [2.75, 3.05) is 0 Å². The topological polar surface area (TPSA) is 78.0 Å². The average Bonchev–Trinajstić information content (AvgIpc) is 2.76. The van der Waals surface area contributed by atoms with Crippen molar-refractivity contribution in [2.24, 2.45) is 0 Å². The number of benzene rings is 1. The molecule has 0 saturated carbocycles. The van der Waals surface area contributed by atoms with Crippen molar-refractivity contribution in [3.05, 3.63) is 53.3 Å². The lowest BCUT2D eigenvalue weighted by atomic mass is 10.1. The van der Waals surface area contributed by atoms with E-state index in [0.29, 0.717) is 6.54 Å². The van der Waals surface area contributed by atoms with Crippen LogP contribution in [0.3, 0.4) is 0 Å². The molecule has 0 bridgehead atoms. The summed E-state index contributed by atoms with van der Waals surface area (Å²) in [5, 5.41) is 19.0. The molecular formula is C13H15N3O2. The molecule has 0 amide bonds. The minimum Gasteiger partial charge on any atom is -0.480 e. The standard InChI is InChI=1S/C13H15N3O2/c1-9-11(8-15-16-9)7-14-12(13(17)18)10-5-3-2-4-6-10/h2-6,8,12,14H,7H2,1H3,(H,15,16)(H,17,18). The lowest BCUT2D eigenvalue weighted by molar-refractivity contribution is -0.139. The Kier molecular flexibility index (Phi) is 3.74. The zero-order valence-corrected chi connectivity index (χ0v) is 10.1. The number of nitrogens with one attached hydrogen (secondary N) is 2. The fourth-order valence-electron chi connectivity index (χ4n) is 1.76. The van der Waals surface area contributed by atoms with Crippen LogP contribution in [0.2, 0.25) is 0 Å². The number of carboxylic acid groups (broad SMARTS) is 1. The highest BCUT2D eigenvalue weighted by Gasteiger charge is 2.19. The van der Waals surface area contributed by atoms with Gasteiger partial charge in [0.05, 0.1) is 6.20 Å². The summed E-state index contributed by atoms with van der Waals surface area (Å²) < 4.78 is 0. The molecule has 2 aromatic rings. The lowest BCUT2D eigenvalue weighted by Gasteiger charge is -2.14. The molecular weight excluding hydrogens is 230 g/mol. The maximum atomic E-state index is 11.3. The molecule has 1 unspecified atom stereocenters. The summed E-state index contributed by atoms with van der Waals surface area (Å²) in [6.07, 6.45) is 1.70. The van der Waals surface area contributed by atoms with E-state index in [1.807, 2.05) is 25.1 Å². The van der Waals surface area contributed by atoms with Crippen LogP contribution in [0, 0.1) is 6.92 Å². The van der Waals surface area contributed by atoms with Crippen molar-refractivity contribution in [3.63, 3.8) is 0 Å². The van der Waals surface area contributed by atoms with Crippen LogP contribution in [0.4, 0.5) is 0 Å². The average molecular weight is 245 g/mol. The number of aromatic amines is 1. The normalized spacial score (nSPS) is 12.3. The SMILES string of the molecule is Cc1[nH]ncc1CNC(C(=O)O)c1ccccc1. The van der Waals surface area contributed by atoms with Gasteiger partial charge in [0.25, 0.3) is 0 Å². The molecule has 1 heterocycles. The number of aliphatic carboxylic acids is 1. The summed E-state index contributed by atoms with van der Waals surface area (Å²) in [6, 6.07) is 8.41. The minimum absolute atomic E-state index is 0.466. The molecule has 18 heavy (non-hydrogen) atoms. The van der Waals surface area contributed by atoms with E-state index in [4.69, 9.17) is 0 Å². The maximum Gasteiger partial charge on any atom is 0.325 e. The third-order valence-electron chi connectivity index (χ3n) is 2.81. The zero-order valence-electron chi connectivity index (χ0n) is 10.1. The Morgan fingerprint density at radius 1 is 1.44 bits per heavy atom. The Labute approximate surface area is 105 Å². The smallest absolute Gasteiger partial charge is 0.325 e. The third kappa shape index (κ3) is 2.75. The summed E-state index contributed by atoms with van der Waals surface area (Å²) in [5.74, 6) is -0.887. The molecule has 5 nitrogen and oxygen atoms in total. The van der Waals surface area contributed by atoms with Gasteiger partial charge in [-0.25, -0.2) is 0 Å². The van der Waals surface area contributed by atoms with Crippen molar-refractivity contribution in [1.82, 2.24) is 15.5 Å². The second-order valence-corrected chi connectivity index (χ2v) is 4.08. The summed E-state index contributed by atoms with van der Waals surface area (Å²) in [5.41, 5.74) is 2.66. The number of carboxylic acids is 1. The van der Waals surface area contributed by atoms with E-state index < -0.39 is 12.0 Å². The Morgan fingerprint density at radius 2 is 2.17 bits per heavy atom. The van der Waals surface area contributed by atoms with Crippen molar-refractivity contribution in [1.29, 1.82) is 0 Å². The molecule has 94 valence electrons. The molecule has 0 radical (unpaired) electrons. The van der Waals surface area contributed by atoms with E-state index in [1.54, 1.807) is 18.3 Å². The Hall–Kier alpha value is -2.14. The van der Waals surface area contributed by atoms with Gasteiger partial charge in [0, 0.05) is 17.8 Å². The van der Waals surface area contributed by atoms with E-state index in [1.165, 1.54) is 0 Å². The van der Waals surface area contributed by atoms with Gasteiger partial charge in [-0.15, -0.1) is 0 Å². The first-order valence-corrected chi connectivity index (χ1v) is 5.68. The largest absolute Gasteiger partial charge is 0.480 e. The highest BCUT2D eigenvalue weighted by atomic mass is 16.4. The van der Waals surface area contributed by atoms with Crippen molar-refractivity contribution in [3.8, 4) is 0 Å². The van der Waals surface area contributed by atoms with Gasteiger partial charge in [0.1, 0.15) is 6.04 Å². The fraction of sp³-hybridized carbons (Fsp3) is 0.231. The second-order valence-electron chi connectivity index (χ2n) is 4.08. The Morgan fingerprint density at radius 3 is 2.72 bits per heavy atom. The van der Waals surface area contributed by atoms with Crippen LogP contribution in [0.15, 0.2) is 36.5 Å². The van der Waals surface area contributed by atoms with Gasteiger partial charge < -0.3 is 5.11 Å². The highest BCUT2D eigenvalue weighted by Crippen LogP contribution is 2.14. The third-order valence-corrected chi connectivity index (χ3v) is 2.81. The van der Waals surface area contributed by atoms with Gasteiger partial charge in [0.15, 0.2) is 0 Å². The predicted molar refractivity (Wildman–Crippen MR) is 67.0 cm³/mol. The van der Waals surface area contributed by atoms with Crippen LogP contribution in [0.1, 0.15) is 22.9 Å². The Bertz CT molecular complexity index is 522. The van der Waals surface area contributed by atoms with Gasteiger partial charge in [0.2, 0.25) is 0 Å². The first-order chi connectivity index (χ1) is 8.68. The van der Waals surface area contributed by atoms with Gasteiger partial charge in [-0.2, -0.15) is 5.10 Å². The fourth-order valence-corrected chi connectivity index (χ4v) is 1.76. The molecule has 0 spiro atoms. The molecule has 0 aliphatic rings. The number of hydrogen-bond acceptors (Lipinski definition) is 3. The van der Waals surface area contributed by atoms with Crippen molar-refractivity contribution >= 4 is 5.97 Å². The first-order valence-electron chi connectivity index (χ1n) is 5.68. The van der Waals surface area contributed by atoms with Gasteiger partial charge in [-0.1, -0.05) is 30.3 Å². The number of rotatable bonds is 5. The van der Waals surface area contributed by atoms with Crippen molar-refractivity contribution < 1.29 is 9.90 Å². The predicted octanol–water partition coefficient (Wildman–Crippen LogP) is 1.63. The number of aryl methyl sites for hydroxylation is 1. The van der Waals surface area contributed by atoms with Gasteiger partial charge in [-0.3, -0.25) is 15.2 Å². The zero-order chi connectivity index (χ0) is 13.0. The van der Waals surface area contributed by atoms with E-state index in [-0.39, 0.29) is 0 Å². The van der Waals surface area contributed by atoms with E-state index in [2.05, 4.69) is 15.5 Å². The number of carbonyl (C=O) groups is 1. The molecule has 5 heteroatoms. The quantitative estimate of drug-likeness (QED) is 0.748. The molecule has 0 aliphatic heterocycles. The number of nitrogens with zero attached hydrogens (tertiary/aromatic N) is 1. The van der Waals surface area contributed by atoms with E-state index >= 15 is 0 Å². The van der Waals surface area contributed by atoms with Crippen molar-refractivity contribution in [2.45, 2.75) is 19.5 Å². The molecule has 2 rings (SSSR count). The van der Waals surface area contributed by atoms with E-state index in [9.17, 15) is 9.90 Å². The molecule has 1 aromatic carbocycles. The van der Waals surface area contributed by atoms with Crippen LogP contribution in [-0.2, 0) is 11.3 Å². The summed E-state index contributed by atoms with van der Waals surface area (Å²) in [7, 11) is 0. The number of hydrogen-bond donors (Lipinski definition) is 3. The van der Waals surface area contributed by atoms with Crippen LogP contribution < -0.4 is 5.32 Å². The molecule has 1 aromatic heterocycles. The number of aromatic nitrogens is 2. The first kappa shape index (κ1) is 12.3. The van der Waals surface area contributed by atoms with Gasteiger partial charge in [-0.05, 0) is 12.5 Å². The van der Waals surface area contributed by atoms with Crippen LogP contribution in [0.5, 0.6) is 0 Å². The molecule has 0 aliphatic carbocycles. The Balaban J connectivity index is 2.09. The molecule has 1 atom stereocenters. The molecule has 0 fully saturated rings. The minimum atomic E-state index is -0.887. The van der Waals surface area contributed by atoms with Crippen LogP contribution in [-0.4, -0.2) is 21.3 Å². The lowest BCUT2D eigenvalue weighted by Crippen LogP contribution is -2.28. The second kappa shape index (κ2) is 5.46. The van der Waals surface area contributed by atoms with Crippen LogP contribution in [0.25, 0.3) is 0 Å². The van der Waals surface area contributed by atoms with E-state index in [0.717, 1.165) is 16.8 Å². The summed E-state index contributed by atoms with van der Waals surface area (Å²) in [6.45, 7) is 2.37. The maximum absolute atomic E-state index is 11.3. The van der Waals surface area contributed by atoms with Crippen LogP contribution >= 0.6 is 0 Å². The summed E-state index contributed by atoms with van der Waals surface area (Å²) >= 11 is 0. The summed E-state index contributed by atoms with van der Waals surface area (Å²) in [4.78, 5) is 11.3. The molecule has 0 saturated heterocycles. The molecule has 3 N–H and O–H groups in total. The number of H-pyrrole nitrogens is 1. The highest BCUT2D eigenvalue weighted by molar-refractivity contribution is 5.75. The monoisotopic (exact) mass is 245 g/mol. The van der Waals surface area contributed by atoms with Gasteiger partial charge >= 0.3 is 5.97 Å².